The maximum Gasteiger partial charge on any atom is 0.305 e. The second kappa shape index (κ2) is 7.18. The molecule has 0 aliphatic heterocycles. The number of ether oxygens (including phenoxy) is 1. The lowest BCUT2D eigenvalue weighted by Crippen LogP contribution is -2.13. The zero-order valence-electron chi connectivity index (χ0n) is 14.1. The third-order valence-electron chi connectivity index (χ3n) is 4.10. The molecule has 3 rings (SSSR count). The fourth-order valence-electron chi connectivity index (χ4n) is 2.75. The van der Waals surface area contributed by atoms with Crippen LogP contribution in [0.15, 0.2) is 42.5 Å². The van der Waals surface area contributed by atoms with Crippen molar-refractivity contribution in [3.8, 4) is 11.5 Å². The largest absolute Gasteiger partial charge is 0.504 e. The first-order valence-corrected chi connectivity index (χ1v) is 7.99. The van der Waals surface area contributed by atoms with Crippen molar-refractivity contribution in [3.05, 3.63) is 53.6 Å². The second-order valence-corrected chi connectivity index (χ2v) is 5.76. The number of esters is 1. The van der Waals surface area contributed by atoms with Gasteiger partial charge in [-0.05, 0) is 30.7 Å². The van der Waals surface area contributed by atoms with Crippen LogP contribution in [0.3, 0.4) is 0 Å². The Bertz CT molecular complexity index is 977. The van der Waals surface area contributed by atoms with E-state index in [2.05, 4.69) is 15.0 Å². The van der Waals surface area contributed by atoms with E-state index in [-0.39, 0.29) is 29.5 Å². The lowest BCUT2D eigenvalue weighted by Gasteiger charge is -2.08. The van der Waals surface area contributed by atoms with Gasteiger partial charge in [0.25, 0.3) is 5.91 Å². The van der Waals surface area contributed by atoms with Crippen LogP contribution in [0.5, 0.6) is 11.5 Å². The molecule has 0 saturated carbocycles. The van der Waals surface area contributed by atoms with Gasteiger partial charge in [-0.25, -0.2) is 0 Å². The molecule has 3 aromatic rings. The van der Waals surface area contributed by atoms with E-state index in [0.717, 1.165) is 16.5 Å². The number of aromatic amines is 1. The van der Waals surface area contributed by atoms with Gasteiger partial charge in [0.1, 0.15) is 5.82 Å². The molecule has 1 aromatic heterocycles. The minimum atomic E-state index is -0.453. The number of methoxy groups -OCH3 is 1. The number of aromatic hydroxyl groups is 2. The van der Waals surface area contributed by atoms with Crippen LogP contribution in [0.2, 0.25) is 0 Å². The summed E-state index contributed by atoms with van der Waals surface area (Å²) in [6, 6.07) is 11.4. The van der Waals surface area contributed by atoms with Gasteiger partial charge in [0.15, 0.2) is 11.5 Å². The number of hydrogen-bond acceptors (Lipinski definition) is 5. The number of rotatable bonds is 5. The highest BCUT2D eigenvalue weighted by molar-refractivity contribution is 6.06. The van der Waals surface area contributed by atoms with Crippen LogP contribution < -0.4 is 5.32 Å². The fourth-order valence-corrected chi connectivity index (χ4v) is 2.75. The normalized spacial score (nSPS) is 10.7. The average molecular weight is 354 g/mol. The van der Waals surface area contributed by atoms with E-state index in [1.807, 2.05) is 24.3 Å². The molecule has 0 spiro atoms. The molecule has 1 heterocycles. The SMILES string of the molecule is COC(=O)CCc1c(NC(=O)c2ccc(O)c(O)c2)[nH]c2ccccc12. The number of amides is 1. The number of para-hydroxylation sites is 1. The summed E-state index contributed by atoms with van der Waals surface area (Å²) in [4.78, 5) is 27.1. The Morgan fingerprint density at radius 2 is 1.88 bits per heavy atom. The topological polar surface area (TPSA) is 112 Å². The smallest absolute Gasteiger partial charge is 0.305 e. The van der Waals surface area contributed by atoms with Gasteiger partial charge in [-0.3, -0.25) is 9.59 Å². The van der Waals surface area contributed by atoms with Crippen molar-refractivity contribution in [1.82, 2.24) is 4.98 Å². The van der Waals surface area contributed by atoms with Gasteiger partial charge in [0, 0.05) is 28.5 Å². The predicted octanol–water partition coefficient (Wildman–Crippen LogP) is 2.94. The minimum Gasteiger partial charge on any atom is -0.504 e. The number of carbonyl (C=O) groups is 2. The highest BCUT2D eigenvalue weighted by atomic mass is 16.5. The first kappa shape index (κ1) is 17.3. The van der Waals surface area contributed by atoms with E-state index in [0.29, 0.717) is 12.2 Å². The summed E-state index contributed by atoms with van der Waals surface area (Å²) < 4.78 is 4.69. The standard InChI is InChI=1S/C19H18N2O5/c1-26-17(24)9-7-13-12-4-2-3-5-14(12)20-18(13)21-19(25)11-6-8-15(22)16(23)10-11/h2-6,8,10,20,22-23H,7,9H2,1H3,(H,21,25). The van der Waals surface area contributed by atoms with Crippen LogP contribution in [0.4, 0.5) is 5.82 Å². The van der Waals surface area contributed by atoms with Crippen LogP contribution >= 0.6 is 0 Å². The van der Waals surface area contributed by atoms with Crippen molar-refractivity contribution in [1.29, 1.82) is 0 Å². The van der Waals surface area contributed by atoms with Crippen LogP contribution in [-0.4, -0.2) is 34.2 Å². The molecule has 26 heavy (non-hydrogen) atoms. The molecule has 0 fully saturated rings. The molecule has 0 radical (unpaired) electrons. The molecule has 7 nitrogen and oxygen atoms in total. The van der Waals surface area contributed by atoms with E-state index in [9.17, 15) is 19.8 Å². The molecule has 7 heteroatoms. The maximum absolute atomic E-state index is 12.5. The minimum absolute atomic E-state index is 0.182. The first-order chi connectivity index (χ1) is 12.5. The number of aromatic nitrogens is 1. The summed E-state index contributed by atoms with van der Waals surface area (Å²) in [7, 11) is 1.33. The van der Waals surface area contributed by atoms with E-state index in [1.165, 1.54) is 25.3 Å². The average Bonchev–Trinajstić information content (AvgIpc) is 2.98. The van der Waals surface area contributed by atoms with Crippen LogP contribution in [-0.2, 0) is 16.0 Å². The van der Waals surface area contributed by atoms with Crippen molar-refractivity contribution < 1.29 is 24.5 Å². The molecule has 2 aromatic carbocycles. The van der Waals surface area contributed by atoms with E-state index in [4.69, 9.17) is 0 Å². The second-order valence-electron chi connectivity index (χ2n) is 5.76. The Labute approximate surface area is 149 Å². The Kier molecular flexibility index (Phi) is 4.79. The third-order valence-corrected chi connectivity index (χ3v) is 4.10. The fraction of sp³-hybridized carbons (Fsp3) is 0.158. The summed E-state index contributed by atoms with van der Waals surface area (Å²) in [5, 5.41) is 22.6. The first-order valence-electron chi connectivity index (χ1n) is 7.99. The summed E-state index contributed by atoms with van der Waals surface area (Å²) >= 11 is 0. The van der Waals surface area contributed by atoms with Crippen molar-refractivity contribution in [2.24, 2.45) is 0 Å². The predicted molar refractivity (Wildman–Crippen MR) is 96.4 cm³/mol. The Hall–Kier alpha value is -3.48. The molecule has 0 aliphatic carbocycles. The summed E-state index contributed by atoms with van der Waals surface area (Å²) in [5.41, 5.74) is 1.82. The molecule has 134 valence electrons. The van der Waals surface area contributed by atoms with Gasteiger partial charge in [-0.15, -0.1) is 0 Å². The number of aryl methyl sites for hydroxylation is 1. The molecule has 1 amide bonds. The molecule has 0 unspecified atom stereocenters. The number of fused-ring (bicyclic) bond motifs is 1. The van der Waals surface area contributed by atoms with Crippen LogP contribution in [0, 0.1) is 0 Å². The molecule has 0 aliphatic rings. The van der Waals surface area contributed by atoms with Gasteiger partial charge in [-0.2, -0.15) is 0 Å². The van der Waals surface area contributed by atoms with E-state index >= 15 is 0 Å². The summed E-state index contributed by atoms with van der Waals surface area (Å²) in [6.07, 6.45) is 0.578. The lowest BCUT2D eigenvalue weighted by atomic mass is 10.1. The highest BCUT2D eigenvalue weighted by Crippen LogP contribution is 2.29. The van der Waals surface area contributed by atoms with Gasteiger partial charge in [0.05, 0.1) is 7.11 Å². The third kappa shape index (κ3) is 3.46. The number of carbonyl (C=O) groups excluding carboxylic acids is 2. The van der Waals surface area contributed by atoms with Crippen LogP contribution in [0.25, 0.3) is 10.9 Å². The van der Waals surface area contributed by atoms with Crippen LogP contribution in [0.1, 0.15) is 22.3 Å². The summed E-state index contributed by atoms with van der Waals surface area (Å²) in [6.45, 7) is 0. The number of anilines is 1. The zero-order valence-corrected chi connectivity index (χ0v) is 14.1. The molecule has 4 N–H and O–H groups in total. The number of phenols is 2. The maximum atomic E-state index is 12.5. The summed E-state index contributed by atoms with van der Waals surface area (Å²) in [5.74, 6) is -0.985. The lowest BCUT2D eigenvalue weighted by molar-refractivity contribution is -0.140. The molecule has 0 saturated heterocycles. The molecular weight excluding hydrogens is 336 g/mol. The molecule has 0 atom stereocenters. The molecule has 0 bridgehead atoms. The number of benzene rings is 2. The van der Waals surface area contributed by atoms with E-state index < -0.39 is 5.91 Å². The van der Waals surface area contributed by atoms with Gasteiger partial charge < -0.3 is 25.3 Å². The molecular formula is C19H18N2O5. The van der Waals surface area contributed by atoms with Gasteiger partial charge >= 0.3 is 5.97 Å². The van der Waals surface area contributed by atoms with Gasteiger partial charge in [0.2, 0.25) is 0 Å². The highest BCUT2D eigenvalue weighted by Gasteiger charge is 2.16. The van der Waals surface area contributed by atoms with E-state index in [1.54, 1.807) is 0 Å². The number of H-pyrrole nitrogens is 1. The van der Waals surface area contributed by atoms with Crippen molar-refractivity contribution in [2.75, 3.05) is 12.4 Å². The van der Waals surface area contributed by atoms with Crippen molar-refractivity contribution >= 4 is 28.6 Å². The van der Waals surface area contributed by atoms with Crippen molar-refractivity contribution in [2.45, 2.75) is 12.8 Å². The van der Waals surface area contributed by atoms with Crippen molar-refractivity contribution in [3.63, 3.8) is 0 Å². The number of phenolic OH excluding ortho intramolecular Hbond substituents is 2. The quantitative estimate of drug-likeness (QED) is 0.416. The number of nitrogens with one attached hydrogen (secondary N) is 2. The Balaban J connectivity index is 1.91. The number of hydrogen-bond donors (Lipinski definition) is 4. The Morgan fingerprint density at radius 3 is 2.62 bits per heavy atom. The van der Waals surface area contributed by atoms with Gasteiger partial charge in [-0.1, -0.05) is 18.2 Å². The monoisotopic (exact) mass is 354 g/mol. The zero-order chi connectivity index (χ0) is 18.7. The Morgan fingerprint density at radius 1 is 1.12 bits per heavy atom.